The Balaban J connectivity index is 0.000000832. The zero-order valence-corrected chi connectivity index (χ0v) is 37.0. The minimum atomic E-state index is -3.67. The van der Waals surface area contributed by atoms with Gasteiger partial charge in [-0.25, -0.2) is 0 Å². The number of nitrogens with zero attached hydrogens (tertiary/aromatic N) is 2. The maximum atomic E-state index is 11.2. The third-order valence-electron chi connectivity index (χ3n) is 8.55. The molecular formula is C45H64BN2O7PS. The molecule has 2 radical (unpaired) electrons. The van der Waals surface area contributed by atoms with E-state index in [-0.39, 0.29) is 17.4 Å². The maximum absolute atomic E-state index is 11.2. The monoisotopic (exact) mass is 818 g/mol. The summed E-state index contributed by atoms with van der Waals surface area (Å²) in [5.41, 5.74) is 4.43. The third kappa shape index (κ3) is 23.7. The van der Waals surface area contributed by atoms with E-state index in [0.717, 1.165) is 43.2 Å². The molecule has 0 aliphatic rings. The van der Waals surface area contributed by atoms with Crippen molar-refractivity contribution < 1.29 is 32.8 Å². The fraction of sp³-hybridized carbons (Fsp3) is 0.378. The molecule has 9 nitrogen and oxygen atoms in total. The smallest absolute Gasteiger partial charge is 0.261 e. The van der Waals surface area contributed by atoms with E-state index in [9.17, 15) is 23.1 Å². The normalized spacial score (nSPS) is 11.5. The zero-order chi connectivity index (χ0) is 43.6. The number of aldehydes is 2. The van der Waals surface area contributed by atoms with Gasteiger partial charge in [-0.2, -0.15) is 17.5 Å². The van der Waals surface area contributed by atoms with Crippen molar-refractivity contribution in [2.75, 3.05) is 19.3 Å². The number of phenols is 2. The quantitative estimate of drug-likeness (QED) is 0.0493. The van der Waals surface area contributed by atoms with Gasteiger partial charge in [-0.15, -0.1) is 0 Å². The van der Waals surface area contributed by atoms with Crippen LogP contribution in [0.5, 0.6) is 11.5 Å². The number of hydrogen-bond donors (Lipinski definition) is 3. The largest absolute Gasteiger partial charge is 0.508 e. The Morgan fingerprint density at radius 1 is 0.649 bits per heavy atom. The van der Waals surface area contributed by atoms with Crippen molar-refractivity contribution in [1.82, 2.24) is 9.80 Å². The van der Waals surface area contributed by atoms with Crippen LogP contribution in [0.25, 0.3) is 6.08 Å². The van der Waals surface area contributed by atoms with E-state index in [2.05, 4.69) is 121 Å². The first-order valence-electron chi connectivity index (χ1n) is 18.9. The number of benzene rings is 4. The van der Waals surface area contributed by atoms with Crippen molar-refractivity contribution in [3.05, 3.63) is 137 Å². The van der Waals surface area contributed by atoms with Crippen LogP contribution in [0.15, 0.2) is 109 Å². The van der Waals surface area contributed by atoms with Gasteiger partial charge in [0.25, 0.3) is 10.1 Å². The van der Waals surface area contributed by atoms with Crippen LogP contribution in [-0.2, 0) is 10.1 Å². The van der Waals surface area contributed by atoms with Gasteiger partial charge < -0.3 is 10.2 Å². The van der Waals surface area contributed by atoms with E-state index < -0.39 is 10.1 Å². The Bertz CT molecular complexity index is 1780. The molecule has 0 spiro atoms. The van der Waals surface area contributed by atoms with Crippen LogP contribution < -0.4 is 0 Å². The average Bonchev–Trinajstić information content (AvgIpc) is 3.17. The molecule has 0 aromatic heterocycles. The lowest BCUT2D eigenvalue weighted by Gasteiger charge is -2.32. The van der Waals surface area contributed by atoms with Crippen molar-refractivity contribution in [2.45, 2.75) is 91.9 Å². The predicted octanol–water partition coefficient (Wildman–Crippen LogP) is 9.32. The van der Waals surface area contributed by atoms with E-state index in [1.165, 1.54) is 17.7 Å². The van der Waals surface area contributed by atoms with E-state index in [1.807, 2.05) is 39.5 Å². The van der Waals surface area contributed by atoms with Crippen molar-refractivity contribution >= 4 is 45.5 Å². The van der Waals surface area contributed by atoms with Crippen LogP contribution in [0, 0.1) is 0 Å². The molecule has 4 rings (SSSR count). The summed E-state index contributed by atoms with van der Waals surface area (Å²) in [4.78, 5) is 26.1. The first-order chi connectivity index (χ1) is 26.9. The standard InChI is InChI=1S/C22H29NO2.C15H23N.C7H6O2.CH4O3S.BH2P/c1-16(2)23(17(3)4)13-12-20(19-8-6-5-7-9-19)21-14-18(15-24)10-11-22(21)25;1-13(2)16(14(3)4)12-8-11-15-9-6-5-7-10-15;8-5-6-1-3-7(9)4-2-6;1-5(2,3)4;1-2/h5-11,14-17,20,25H,12-13H2,1-4H3;5-11,13-14H,12H2,1-4H3;1-5,9H;1H3,(H,2,3,4);2H2/b;11-8+;;;. The van der Waals surface area contributed by atoms with Crippen LogP contribution in [0.1, 0.15) is 105 Å². The molecule has 0 amide bonds. The van der Waals surface area contributed by atoms with Crippen molar-refractivity contribution in [3.63, 3.8) is 0 Å². The fourth-order valence-electron chi connectivity index (χ4n) is 5.95. The van der Waals surface area contributed by atoms with Gasteiger partial charge in [0, 0.05) is 53.3 Å². The number of carbonyl (C=O) groups excluding carboxylic acids is 2. The lowest BCUT2D eigenvalue weighted by atomic mass is 9.86. The van der Waals surface area contributed by atoms with Gasteiger partial charge >= 0.3 is 0 Å². The van der Waals surface area contributed by atoms with E-state index >= 15 is 0 Å². The molecule has 0 saturated carbocycles. The molecule has 0 bridgehead atoms. The summed E-state index contributed by atoms with van der Waals surface area (Å²) in [6.45, 7) is 19.8. The summed E-state index contributed by atoms with van der Waals surface area (Å²) in [5.74, 6) is 0.488. The summed E-state index contributed by atoms with van der Waals surface area (Å²) in [5, 5.41) is 19.2. The molecule has 2 atom stereocenters. The molecule has 0 saturated heterocycles. The second-order valence-electron chi connectivity index (χ2n) is 14.3. The Hall–Kier alpha value is -4.12. The molecular weight excluding hydrogens is 754 g/mol. The molecule has 12 heteroatoms. The molecule has 2 unspecified atom stereocenters. The number of hydrogen-bond acceptors (Lipinski definition) is 8. The molecule has 4 aromatic rings. The molecule has 0 heterocycles. The zero-order valence-electron chi connectivity index (χ0n) is 35.1. The Kier molecular flexibility index (Phi) is 27.0. The van der Waals surface area contributed by atoms with Gasteiger partial charge in [0.15, 0.2) is 0 Å². The van der Waals surface area contributed by atoms with Crippen molar-refractivity contribution in [3.8, 4) is 11.5 Å². The number of phenolic OH excluding ortho intramolecular Hbond substituents is 2. The van der Waals surface area contributed by atoms with Crippen LogP contribution in [0.3, 0.4) is 0 Å². The van der Waals surface area contributed by atoms with Crippen molar-refractivity contribution in [2.24, 2.45) is 0 Å². The van der Waals surface area contributed by atoms with Crippen LogP contribution in [0.2, 0.25) is 0 Å². The van der Waals surface area contributed by atoms with Gasteiger partial charge in [0.05, 0.1) is 13.8 Å². The average molecular weight is 819 g/mol. The van der Waals surface area contributed by atoms with Gasteiger partial charge in [-0.1, -0.05) is 72.8 Å². The van der Waals surface area contributed by atoms with Crippen LogP contribution in [-0.4, -0.2) is 96.6 Å². The van der Waals surface area contributed by atoms with E-state index in [0.29, 0.717) is 41.6 Å². The van der Waals surface area contributed by atoms with Crippen molar-refractivity contribution in [1.29, 1.82) is 0 Å². The molecule has 0 aliphatic carbocycles. The molecule has 3 N–H and O–H groups in total. The molecule has 0 fully saturated rings. The second kappa shape index (κ2) is 29.2. The topological polar surface area (TPSA) is 135 Å². The number of rotatable bonds is 14. The summed E-state index contributed by atoms with van der Waals surface area (Å²) < 4.78 is 25.9. The summed E-state index contributed by atoms with van der Waals surface area (Å²) in [6.07, 6.45) is 7.61. The summed E-state index contributed by atoms with van der Waals surface area (Å²) >= 11 is 0. The van der Waals surface area contributed by atoms with Crippen LogP contribution >= 0.6 is 9.12 Å². The highest BCUT2D eigenvalue weighted by atomic mass is 32.2. The lowest BCUT2D eigenvalue weighted by Crippen LogP contribution is -2.38. The Morgan fingerprint density at radius 2 is 1.09 bits per heavy atom. The highest BCUT2D eigenvalue weighted by Crippen LogP contribution is 2.35. The van der Waals surface area contributed by atoms with Gasteiger partial charge in [0.2, 0.25) is 0 Å². The molecule has 57 heavy (non-hydrogen) atoms. The Morgan fingerprint density at radius 3 is 1.53 bits per heavy atom. The van der Waals surface area contributed by atoms with Gasteiger partial charge in [0.1, 0.15) is 24.1 Å². The predicted molar refractivity (Wildman–Crippen MR) is 242 cm³/mol. The summed E-state index contributed by atoms with van der Waals surface area (Å²) in [7, 11) is 2.67. The van der Waals surface area contributed by atoms with Gasteiger partial charge in [-0.3, -0.25) is 23.9 Å². The number of aromatic hydroxyl groups is 2. The lowest BCUT2D eigenvalue weighted by molar-refractivity contribution is 0.111. The van der Waals surface area contributed by atoms with Crippen LogP contribution in [0.4, 0.5) is 0 Å². The third-order valence-corrected chi connectivity index (χ3v) is 8.55. The SMILES string of the molecule is CC(C)N(C/C=C/c1ccccc1)C(C)C.CC(C)N(CCC(c1ccccc1)c1cc(C=O)ccc1O)C(C)C.CS(=O)(=O)O.O=Cc1ccc(O)cc1.[B]P. The molecule has 310 valence electrons. The first kappa shape index (κ1) is 52.9. The minimum absolute atomic E-state index is 0.0566. The second-order valence-corrected chi connectivity index (χ2v) is 15.7. The number of carbonyl (C=O) groups is 2. The minimum Gasteiger partial charge on any atom is -0.508 e. The highest BCUT2D eigenvalue weighted by Gasteiger charge is 2.21. The molecule has 0 aliphatic heterocycles. The highest BCUT2D eigenvalue weighted by molar-refractivity contribution is 7.85. The van der Waals surface area contributed by atoms with E-state index in [4.69, 9.17) is 9.66 Å². The van der Waals surface area contributed by atoms with Gasteiger partial charge in [-0.05, 0) is 122 Å². The maximum Gasteiger partial charge on any atom is 0.261 e. The first-order valence-corrected chi connectivity index (χ1v) is 21.4. The summed E-state index contributed by atoms with van der Waals surface area (Å²) in [6, 6.07) is 34.0. The Labute approximate surface area is 346 Å². The molecule has 4 aromatic carbocycles. The fourth-order valence-corrected chi connectivity index (χ4v) is 5.95. The van der Waals surface area contributed by atoms with E-state index in [1.54, 1.807) is 24.3 Å².